The number of hydrogen-bond donors (Lipinski definition) is 0. The Kier molecular flexibility index (Phi) is 6.85. The minimum Gasteiger partial charge on any atom is -0.469 e. The van der Waals surface area contributed by atoms with Crippen LogP contribution in [0.25, 0.3) is 0 Å². The van der Waals surface area contributed by atoms with Crippen LogP contribution >= 0.6 is 11.8 Å². The summed E-state index contributed by atoms with van der Waals surface area (Å²) in [5.74, 6) is 1.18. The summed E-state index contributed by atoms with van der Waals surface area (Å²) in [6.45, 7) is 1.84. The molecule has 0 bridgehead atoms. The fraction of sp³-hybridized carbons (Fsp3) is 0.750. The van der Waals surface area contributed by atoms with Crippen molar-refractivity contribution in [3.8, 4) is 0 Å². The predicted octanol–water partition coefficient (Wildman–Crippen LogP) is 1.26. The van der Waals surface area contributed by atoms with E-state index in [1.165, 1.54) is 18.9 Å². The van der Waals surface area contributed by atoms with E-state index in [9.17, 15) is 9.59 Å². The van der Waals surface area contributed by atoms with E-state index in [0.717, 1.165) is 0 Å². The highest BCUT2D eigenvalue weighted by Crippen LogP contribution is 2.04. The summed E-state index contributed by atoms with van der Waals surface area (Å²) >= 11 is 1.48. The Morgan fingerprint density at radius 1 is 1.42 bits per heavy atom. The maximum Gasteiger partial charge on any atom is 0.306 e. The van der Waals surface area contributed by atoms with Gasteiger partial charge < -0.3 is 4.74 Å². The molecule has 3 nitrogen and oxygen atoms in total. The topological polar surface area (TPSA) is 43.4 Å². The number of carbonyl (C=O) groups is 2. The summed E-state index contributed by atoms with van der Waals surface area (Å²) in [6.07, 6.45) is 0.962. The van der Waals surface area contributed by atoms with Gasteiger partial charge >= 0.3 is 5.97 Å². The number of thioether (sulfide) groups is 1. The Hall–Kier alpha value is -0.510. The van der Waals surface area contributed by atoms with Crippen molar-refractivity contribution in [3.63, 3.8) is 0 Å². The number of carbonyl (C=O) groups excluding carboxylic acids is 2. The molecule has 0 aliphatic rings. The van der Waals surface area contributed by atoms with Gasteiger partial charge in [0.25, 0.3) is 0 Å². The summed E-state index contributed by atoms with van der Waals surface area (Å²) in [4.78, 5) is 21.4. The molecule has 0 unspecified atom stereocenters. The quantitative estimate of drug-likeness (QED) is 0.467. The first-order chi connectivity index (χ1) is 5.70. The molecule has 0 aromatic heterocycles. The monoisotopic (exact) mass is 190 g/mol. The number of methoxy groups -OCH3 is 1. The van der Waals surface area contributed by atoms with Gasteiger partial charge in [-0.1, -0.05) is 6.92 Å². The van der Waals surface area contributed by atoms with Crippen molar-refractivity contribution < 1.29 is 14.3 Å². The number of ketones is 1. The fourth-order valence-electron chi connectivity index (χ4n) is 0.546. The maximum atomic E-state index is 10.8. The lowest BCUT2D eigenvalue weighted by atomic mass is 10.4. The second kappa shape index (κ2) is 7.16. The van der Waals surface area contributed by atoms with Crippen LogP contribution in [0.15, 0.2) is 0 Å². The second-order valence-electron chi connectivity index (χ2n) is 2.27. The SMILES string of the molecule is CCC(=O)CSCCC(=O)OC. The van der Waals surface area contributed by atoms with Crippen LogP contribution in [0.2, 0.25) is 0 Å². The van der Waals surface area contributed by atoms with Crippen LogP contribution in [0.3, 0.4) is 0 Å². The van der Waals surface area contributed by atoms with Crippen LogP contribution in [-0.4, -0.2) is 30.4 Å². The summed E-state index contributed by atoms with van der Waals surface area (Å²) in [5.41, 5.74) is 0. The first kappa shape index (κ1) is 11.5. The van der Waals surface area contributed by atoms with Crippen LogP contribution in [0.5, 0.6) is 0 Å². The summed E-state index contributed by atoms with van der Waals surface area (Å²) in [7, 11) is 1.37. The molecule has 0 rings (SSSR count). The van der Waals surface area contributed by atoms with Crippen LogP contribution in [0.1, 0.15) is 19.8 Å². The Morgan fingerprint density at radius 3 is 2.58 bits per heavy atom. The number of rotatable bonds is 6. The van der Waals surface area contributed by atoms with Crippen molar-refractivity contribution in [1.82, 2.24) is 0 Å². The van der Waals surface area contributed by atoms with E-state index in [-0.39, 0.29) is 11.8 Å². The molecule has 0 atom stereocenters. The fourth-order valence-corrected chi connectivity index (χ4v) is 1.43. The third-order valence-electron chi connectivity index (χ3n) is 1.34. The van der Waals surface area contributed by atoms with Gasteiger partial charge in [0.05, 0.1) is 19.3 Å². The molecule has 0 spiro atoms. The smallest absolute Gasteiger partial charge is 0.306 e. The average molecular weight is 190 g/mol. The Labute approximate surface area is 76.9 Å². The highest BCUT2D eigenvalue weighted by Gasteiger charge is 2.01. The zero-order valence-corrected chi connectivity index (χ0v) is 8.28. The van der Waals surface area contributed by atoms with E-state index in [4.69, 9.17) is 0 Å². The normalized spacial score (nSPS) is 9.50. The zero-order chi connectivity index (χ0) is 9.40. The summed E-state index contributed by atoms with van der Waals surface area (Å²) in [6, 6.07) is 0. The molecule has 0 aliphatic carbocycles. The highest BCUT2D eigenvalue weighted by molar-refractivity contribution is 7.99. The molecule has 12 heavy (non-hydrogen) atoms. The standard InChI is InChI=1S/C8H14O3S/c1-3-7(9)6-12-5-4-8(10)11-2/h3-6H2,1-2H3. The van der Waals surface area contributed by atoms with Crippen LogP contribution in [0.4, 0.5) is 0 Å². The van der Waals surface area contributed by atoms with Gasteiger partial charge in [0, 0.05) is 12.2 Å². The molecule has 70 valence electrons. The Bertz CT molecular complexity index is 138. The van der Waals surface area contributed by atoms with Crippen molar-refractivity contribution in [1.29, 1.82) is 0 Å². The molecule has 0 radical (unpaired) electrons. The summed E-state index contributed by atoms with van der Waals surface area (Å²) in [5, 5.41) is 0. The van der Waals surface area contributed by atoms with E-state index in [0.29, 0.717) is 24.3 Å². The summed E-state index contributed by atoms with van der Waals surface area (Å²) < 4.78 is 4.45. The molecule has 0 fully saturated rings. The molecule has 0 aromatic rings. The molecule has 0 saturated heterocycles. The number of hydrogen-bond acceptors (Lipinski definition) is 4. The molecule has 0 aromatic carbocycles. The van der Waals surface area contributed by atoms with Crippen molar-refractivity contribution in [2.24, 2.45) is 0 Å². The average Bonchev–Trinajstić information content (AvgIpc) is 2.11. The van der Waals surface area contributed by atoms with E-state index in [1.54, 1.807) is 0 Å². The van der Waals surface area contributed by atoms with Crippen LogP contribution < -0.4 is 0 Å². The van der Waals surface area contributed by atoms with E-state index in [1.807, 2.05) is 6.92 Å². The molecule has 0 amide bonds. The van der Waals surface area contributed by atoms with Crippen LogP contribution in [-0.2, 0) is 14.3 Å². The first-order valence-electron chi connectivity index (χ1n) is 3.87. The van der Waals surface area contributed by atoms with Crippen molar-refractivity contribution >= 4 is 23.5 Å². The second-order valence-corrected chi connectivity index (χ2v) is 3.38. The molecular weight excluding hydrogens is 176 g/mol. The van der Waals surface area contributed by atoms with E-state index in [2.05, 4.69) is 4.74 Å². The molecule has 0 N–H and O–H groups in total. The third-order valence-corrected chi connectivity index (χ3v) is 2.35. The Morgan fingerprint density at radius 2 is 2.08 bits per heavy atom. The van der Waals surface area contributed by atoms with Gasteiger partial charge in [-0.05, 0) is 0 Å². The van der Waals surface area contributed by atoms with Crippen LogP contribution in [0, 0.1) is 0 Å². The minimum atomic E-state index is -0.216. The predicted molar refractivity (Wildman–Crippen MR) is 49.3 cm³/mol. The lowest BCUT2D eigenvalue weighted by molar-refractivity contribution is -0.140. The van der Waals surface area contributed by atoms with Crippen molar-refractivity contribution in [2.45, 2.75) is 19.8 Å². The Balaban J connectivity index is 3.21. The molecule has 4 heteroatoms. The van der Waals surface area contributed by atoms with Gasteiger partial charge in [-0.3, -0.25) is 9.59 Å². The van der Waals surface area contributed by atoms with Crippen molar-refractivity contribution in [2.75, 3.05) is 18.6 Å². The van der Waals surface area contributed by atoms with Gasteiger partial charge in [0.15, 0.2) is 0 Å². The minimum absolute atomic E-state index is 0.216. The van der Waals surface area contributed by atoms with Gasteiger partial charge in [0.1, 0.15) is 5.78 Å². The third kappa shape index (κ3) is 6.22. The lowest BCUT2D eigenvalue weighted by Crippen LogP contribution is -2.04. The number of Topliss-reactive ketones (excluding diaryl/α,β-unsaturated/α-hetero) is 1. The molecule has 0 heterocycles. The van der Waals surface area contributed by atoms with Crippen molar-refractivity contribution in [3.05, 3.63) is 0 Å². The number of esters is 1. The highest BCUT2D eigenvalue weighted by atomic mass is 32.2. The van der Waals surface area contributed by atoms with Gasteiger partial charge in [-0.2, -0.15) is 11.8 Å². The number of ether oxygens (including phenoxy) is 1. The van der Waals surface area contributed by atoms with Gasteiger partial charge in [0.2, 0.25) is 0 Å². The maximum absolute atomic E-state index is 10.8. The van der Waals surface area contributed by atoms with Gasteiger partial charge in [-0.15, -0.1) is 0 Å². The molecule has 0 aliphatic heterocycles. The molecular formula is C8H14O3S. The zero-order valence-electron chi connectivity index (χ0n) is 7.46. The van der Waals surface area contributed by atoms with E-state index >= 15 is 0 Å². The first-order valence-corrected chi connectivity index (χ1v) is 5.02. The van der Waals surface area contributed by atoms with E-state index < -0.39 is 0 Å². The van der Waals surface area contributed by atoms with Gasteiger partial charge in [-0.25, -0.2) is 0 Å². The lowest BCUT2D eigenvalue weighted by Gasteiger charge is -1.98. The molecule has 0 saturated carbocycles. The largest absolute Gasteiger partial charge is 0.469 e.